The van der Waals surface area contributed by atoms with Gasteiger partial charge in [-0.05, 0) is 43.2 Å². The average Bonchev–Trinajstić information content (AvgIpc) is 3.48. The molecule has 1 unspecified atom stereocenters. The van der Waals surface area contributed by atoms with Gasteiger partial charge < -0.3 is 9.47 Å². The quantitative estimate of drug-likeness (QED) is 0.0723. The lowest BCUT2D eigenvalue weighted by Crippen LogP contribution is -2.26. The maximum Gasteiger partial charge on any atom is 0.417 e. The Kier molecular flexibility index (Phi) is 10.4. The van der Waals surface area contributed by atoms with Gasteiger partial charge in [0.15, 0.2) is 29.3 Å². The molecule has 0 radical (unpaired) electrons. The molecule has 2 aliphatic heterocycles. The second-order valence-corrected chi connectivity index (χ2v) is 10.7. The molecule has 47 heavy (non-hydrogen) atoms. The van der Waals surface area contributed by atoms with Gasteiger partial charge in [-0.1, -0.05) is 39.2 Å². The monoisotopic (exact) mass is 654 g/mol. The summed E-state index contributed by atoms with van der Waals surface area (Å²) in [7, 11) is 0. The summed E-state index contributed by atoms with van der Waals surface area (Å²) in [4.78, 5) is 30.4. The van der Waals surface area contributed by atoms with Gasteiger partial charge in [-0.2, -0.15) is 18.3 Å². The zero-order valence-corrected chi connectivity index (χ0v) is 25.6. The second kappa shape index (κ2) is 14.6. The number of unbranched alkanes of at least 4 members (excludes halogenated alkanes) is 3. The Bertz CT molecular complexity index is 1790. The van der Waals surface area contributed by atoms with Crippen molar-refractivity contribution in [2.45, 2.75) is 58.2 Å². The molecule has 0 fully saturated rings. The molecule has 0 N–H and O–H groups in total. The van der Waals surface area contributed by atoms with Crippen LogP contribution in [-0.4, -0.2) is 48.9 Å². The van der Waals surface area contributed by atoms with Crippen LogP contribution < -0.4 is 4.74 Å². The summed E-state index contributed by atoms with van der Waals surface area (Å²) in [5.74, 6) is -3.10. The minimum atomic E-state index is -4.71. The molecule has 1 atom stereocenters. The third-order valence-corrected chi connectivity index (χ3v) is 7.20. The first kappa shape index (κ1) is 33.4. The maximum atomic E-state index is 14.4. The summed E-state index contributed by atoms with van der Waals surface area (Å²) in [6, 6.07) is 5.94. The first-order valence-electron chi connectivity index (χ1n) is 15.1. The van der Waals surface area contributed by atoms with E-state index in [0.717, 1.165) is 31.4 Å². The van der Waals surface area contributed by atoms with Gasteiger partial charge in [0, 0.05) is 23.5 Å². The molecular weight excluding hydrogens is 623 g/mol. The van der Waals surface area contributed by atoms with Crippen molar-refractivity contribution in [2.24, 2.45) is 0 Å². The van der Waals surface area contributed by atoms with E-state index in [-0.39, 0.29) is 58.7 Å². The summed E-state index contributed by atoms with van der Waals surface area (Å²) < 4.78 is 82.5. The highest BCUT2D eigenvalue weighted by Crippen LogP contribution is 2.38. The Morgan fingerprint density at radius 1 is 0.872 bits per heavy atom. The van der Waals surface area contributed by atoms with Gasteiger partial charge in [0.05, 0.1) is 36.7 Å². The number of carbonyl (C=O) groups is 1. The van der Waals surface area contributed by atoms with E-state index in [1.807, 2.05) is 6.92 Å². The molecule has 3 heterocycles. The Hall–Kier alpha value is -5.01. The molecule has 2 aliphatic rings. The van der Waals surface area contributed by atoms with Gasteiger partial charge >= 0.3 is 12.1 Å². The van der Waals surface area contributed by atoms with Crippen molar-refractivity contribution in [3.63, 3.8) is 0 Å². The zero-order valence-electron chi connectivity index (χ0n) is 25.6. The topological polar surface area (TPSA) is 105 Å². The van der Waals surface area contributed by atoms with Crippen LogP contribution in [0.4, 0.5) is 22.0 Å². The highest BCUT2D eigenvalue weighted by Gasteiger charge is 2.35. The number of halogens is 5. The average molecular weight is 655 g/mol. The number of rotatable bonds is 13. The number of esters is 1. The molecule has 0 aliphatic carbocycles. The molecule has 0 spiro atoms. The third kappa shape index (κ3) is 7.69. The smallest absolute Gasteiger partial charge is 0.417 e. The number of hydrogen-bond donors (Lipinski definition) is 0. The largest absolute Gasteiger partial charge is 0.494 e. The van der Waals surface area contributed by atoms with E-state index in [4.69, 9.17) is 9.47 Å². The van der Waals surface area contributed by atoms with Crippen molar-refractivity contribution in [2.75, 3.05) is 13.2 Å². The number of nitrogens with zero attached hydrogens (tertiary/aromatic N) is 6. The number of hydrogen-bond acceptors (Lipinski definition) is 8. The van der Waals surface area contributed by atoms with E-state index in [1.165, 1.54) is 53.7 Å². The van der Waals surface area contributed by atoms with Crippen LogP contribution in [0.2, 0.25) is 0 Å². The fraction of sp³-hybridized carbons (Fsp3) is 0.333. The van der Waals surface area contributed by atoms with Crippen LogP contribution >= 0.6 is 0 Å². The summed E-state index contributed by atoms with van der Waals surface area (Å²) in [5.41, 5.74) is -0.733. The van der Waals surface area contributed by atoms with E-state index in [2.05, 4.69) is 32.0 Å². The summed E-state index contributed by atoms with van der Waals surface area (Å²) in [6.07, 6.45) is 4.52. The lowest BCUT2D eigenvalue weighted by Gasteiger charge is -2.19. The summed E-state index contributed by atoms with van der Waals surface area (Å²) >= 11 is 0. The molecule has 9 nitrogen and oxygen atoms in total. The van der Waals surface area contributed by atoms with Crippen molar-refractivity contribution in [1.29, 1.82) is 0 Å². The van der Waals surface area contributed by atoms with Crippen LogP contribution in [0, 0.1) is 11.6 Å². The standard InChI is InChI=1S/C33H31F5N6O3/c1-3-5-6-7-14-47-32(45)29(44-19-27-26(18-41-44)42-31(43-27)23-9-8-10-25(34)28(23)35)20-16-39-30(40-17-20)22-12-11-21(46-13-4-2)15-24(22)33(36,37)38/h8-12,15-19,29H,3-7,13-14H2,1-2H3. The van der Waals surface area contributed by atoms with Crippen LogP contribution in [0.15, 0.2) is 61.2 Å². The second-order valence-electron chi connectivity index (χ2n) is 10.7. The molecule has 3 aromatic rings. The number of benzene rings is 2. The normalized spacial score (nSPS) is 12.3. The van der Waals surface area contributed by atoms with Gasteiger partial charge in [-0.3, -0.25) is 4.68 Å². The molecular formula is C33H31F5N6O3. The van der Waals surface area contributed by atoms with Crippen molar-refractivity contribution < 1.29 is 36.2 Å². The Morgan fingerprint density at radius 3 is 2.36 bits per heavy atom. The maximum absolute atomic E-state index is 14.4. The van der Waals surface area contributed by atoms with Crippen molar-refractivity contribution in [3.8, 4) is 39.9 Å². The van der Waals surface area contributed by atoms with E-state index in [0.29, 0.717) is 12.8 Å². The fourth-order valence-electron chi connectivity index (χ4n) is 4.83. The van der Waals surface area contributed by atoms with E-state index in [9.17, 15) is 26.7 Å². The number of fused-ring (bicyclic) bond motifs is 1. The van der Waals surface area contributed by atoms with Crippen LogP contribution in [0.25, 0.3) is 34.2 Å². The predicted octanol–water partition coefficient (Wildman–Crippen LogP) is 7.70. The Morgan fingerprint density at radius 2 is 1.64 bits per heavy atom. The Balaban J connectivity index is 1.50. The van der Waals surface area contributed by atoms with Gasteiger partial charge in [-0.25, -0.2) is 33.5 Å². The zero-order chi connectivity index (χ0) is 33.6. The number of alkyl halides is 3. The van der Waals surface area contributed by atoms with E-state index in [1.54, 1.807) is 0 Å². The fourth-order valence-corrected chi connectivity index (χ4v) is 4.83. The number of ether oxygens (including phenoxy) is 2. The van der Waals surface area contributed by atoms with Crippen LogP contribution in [-0.2, 0) is 15.7 Å². The van der Waals surface area contributed by atoms with Gasteiger partial charge in [0.25, 0.3) is 0 Å². The molecule has 0 amide bonds. The SMILES string of the molecule is CCCCCCOC(=O)C(c1cnc(-c2ccc(OCCC)cc2C(F)(F)F)nc1)n1cc2nc(-c3cccc(F)c3F)nc-2cn1. The number of imidazole rings is 1. The van der Waals surface area contributed by atoms with Crippen LogP contribution in [0.5, 0.6) is 5.75 Å². The summed E-state index contributed by atoms with van der Waals surface area (Å²) in [6.45, 7) is 4.29. The number of aromatic nitrogens is 6. The van der Waals surface area contributed by atoms with Crippen LogP contribution in [0.1, 0.15) is 63.1 Å². The highest BCUT2D eigenvalue weighted by molar-refractivity contribution is 5.78. The predicted molar refractivity (Wildman–Crippen MR) is 161 cm³/mol. The molecule has 14 heteroatoms. The molecule has 0 saturated heterocycles. The van der Waals surface area contributed by atoms with Gasteiger partial charge in [-0.15, -0.1) is 0 Å². The molecule has 2 aromatic carbocycles. The first-order chi connectivity index (χ1) is 22.6. The summed E-state index contributed by atoms with van der Waals surface area (Å²) in [5, 5.41) is 4.30. The molecule has 5 rings (SSSR count). The first-order valence-corrected chi connectivity index (χ1v) is 15.1. The minimum absolute atomic E-state index is 0.0677. The Labute approximate surface area is 267 Å². The molecule has 1 aromatic heterocycles. The molecule has 246 valence electrons. The lowest BCUT2D eigenvalue weighted by atomic mass is 10.1. The van der Waals surface area contributed by atoms with E-state index < -0.39 is 35.4 Å². The van der Waals surface area contributed by atoms with E-state index >= 15 is 0 Å². The third-order valence-electron chi connectivity index (χ3n) is 7.20. The van der Waals surface area contributed by atoms with Gasteiger partial charge in [0.1, 0.15) is 17.1 Å². The minimum Gasteiger partial charge on any atom is -0.494 e. The number of carbonyl (C=O) groups excluding carboxylic acids is 1. The van der Waals surface area contributed by atoms with Gasteiger partial charge in [0.2, 0.25) is 0 Å². The highest BCUT2D eigenvalue weighted by atomic mass is 19.4. The van der Waals surface area contributed by atoms with Crippen molar-refractivity contribution >= 4 is 5.97 Å². The van der Waals surface area contributed by atoms with Crippen LogP contribution in [0.3, 0.4) is 0 Å². The molecule has 0 bridgehead atoms. The van der Waals surface area contributed by atoms with Crippen molar-refractivity contribution in [3.05, 3.63) is 83.9 Å². The lowest BCUT2D eigenvalue weighted by molar-refractivity contribution is -0.146. The molecule has 0 saturated carbocycles. The van der Waals surface area contributed by atoms with Crippen molar-refractivity contribution in [1.82, 2.24) is 29.7 Å².